The van der Waals surface area contributed by atoms with E-state index in [0.717, 1.165) is 62.2 Å². The lowest BCUT2D eigenvalue weighted by Crippen LogP contribution is -2.49. The molecule has 0 N–H and O–H groups in total. The van der Waals surface area contributed by atoms with Gasteiger partial charge in [-0.25, -0.2) is 0 Å². The van der Waals surface area contributed by atoms with Gasteiger partial charge in [-0.3, -0.25) is 9.36 Å². The van der Waals surface area contributed by atoms with Crippen molar-refractivity contribution in [2.45, 2.75) is 30.6 Å². The van der Waals surface area contributed by atoms with E-state index in [2.05, 4.69) is 43.9 Å². The number of piperazine rings is 1. The number of carbonyl (C=O) groups excluding carboxylic acids is 1. The normalized spacial score (nSPS) is 18.4. The molecule has 2 aliphatic rings. The number of carbonyl (C=O) groups is 1. The Balaban J connectivity index is 1.24. The van der Waals surface area contributed by atoms with Crippen LogP contribution in [0, 0.1) is 0 Å². The SMILES string of the molecule is O=C(CSc1nnc(-c2ccc(Cl)cc2)n1C[C@H]1CCCO1)N1CCN(c2ccccc2)CC1. The van der Waals surface area contributed by atoms with Crippen LogP contribution in [0.5, 0.6) is 0 Å². The third-order valence-electron chi connectivity index (χ3n) is 6.31. The first-order chi connectivity index (χ1) is 16.7. The number of nitrogens with zero attached hydrogens (tertiary/aromatic N) is 5. The Morgan fingerprint density at radius 2 is 1.79 bits per heavy atom. The Kier molecular flexibility index (Phi) is 7.37. The van der Waals surface area contributed by atoms with Crippen LogP contribution in [0.2, 0.25) is 5.02 Å². The minimum atomic E-state index is 0.137. The number of amides is 1. The predicted molar refractivity (Wildman–Crippen MR) is 135 cm³/mol. The van der Waals surface area contributed by atoms with E-state index < -0.39 is 0 Å². The smallest absolute Gasteiger partial charge is 0.233 e. The lowest BCUT2D eigenvalue weighted by Gasteiger charge is -2.36. The largest absolute Gasteiger partial charge is 0.376 e. The van der Waals surface area contributed by atoms with Crippen molar-refractivity contribution in [1.29, 1.82) is 0 Å². The van der Waals surface area contributed by atoms with Gasteiger partial charge in [0.25, 0.3) is 0 Å². The standard InChI is InChI=1S/C25H28ClN5O2S/c26-20-10-8-19(9-11-20)24-27-28-25(31(24)17-22-7-4-16-33-22)34-18-23(32)30-14-12-29(13-15-30)21-5-2-1-3-6-21/h1-3,5-6,8-11,22H,4,7,12-18H2/t22-/m1/s1. The van der Waals surface area contributed by atoms with E-state index in [0.29, 0.717) is 17.3 Å². The van der Waals surface area contributed by atoms with Gasteiger partial charge in [-0.05, 0) is 49.2 Å². The molecular formula is C25H28ClN5O2S. The van der Waals surface area contributed by atoms with Crippen LogP contribution in [-0.2, 0) is 16.1 Å². The van der Waals surface area contributed by atoms with Crippen LogP contribution in [0.15, 0.2) is 59.8 Å². The van der Waals surface area contributed by atoms with Gasteiger partial charge in [0, 0.05) is 49.1 Å². The van der Waals surface area contributed by atoms with Crippen molar-refractivity contribution >= 4 is 35.0 Å². The fourth-order valence-corrected chi connectivity index (χ4v) is 5.41. The van der Waals surface area contributed by atoms with Crippen LogP contribution >= 0.6 is 23.4 Å². The molecule has 2 aliphatic heterocycles. The molecule has 0 spiro atoms. The summed E-state index contributed by atoms with van der Waals surface area (Å²) < 4.78 is 7.96. The first kappa shape index (κ1) is 23.2. The summed E-state index contributed by atoms with van der Waals surface area (Å²) in [5.41, 5.74) is 2.16. The molecule has 0 saturated carbocycles. The highest BCUT2D eigenvalue weighted by Crippen LogP contribution is 2.28. The number of benzene rings is 2. The molecule has 34 heavy (non-hydrogen) atoms. The highest BCUT2D eigenvalue weighted by Gasteiger charge is 2.25. The van der Waals surface area contributed by atoms with E-state index in [1.165, 1.54) is 17.4 Å². The van der Waals surface area contributed by atoms with Crippen molar-refractivity contribution in [3.63, 3.8) is 0 Å². The monoisotopic (exact) mass is 497 g/mol. The Bertz CT molecular complexity index is 1090. The van der Waals surface area contributed by atoms with Crippen molar-refractivity contribution < 1.29 is 9.53 Å². The van der Waals surface area contributed by atoms with Crippen LogP contribution in [0.4, 0.5) is 5.69 Å². The van der Waals surface area contributed by atoms with E-state index in [1.54, 1.807) is 0 Å². The quantitative estimate of drug-likeness (QED) is 0.455. The highest BCUT2D eigenvalue weighted by molar-refractivity contribution is 7.99. The van der Waals surface area contributed by atoms with Crippen molar-refractivity contribution in [2.24, 2.45) is 0 Å². The fourth-order valence-electron chi connectivity index (χ4n) is 4.43. The molecular weight excluding hydrogens is 470 g/mol. The number of hydrogen-bond donors (Lipinski definition) is 0. The zero-order valence-electron chi connectivity index (χ0n) is 19.0. The van der Waals surface area contributed by atoms with Gasteiger partial charge in [0.2, 0.25) is 5.91 Å². The van der Waals surface area contributed by atoms with Gasteiger partial charge in [0.05, 0.1) is 18.4 Å². The molecule has 3 aromatic rings. The maximum Gasteiger partial charge on any atom is 0.233 e. The summed E-state index contributed by atoms with van der Waals surface area (Å²) in [5.74, 6) is 1.26. The van der Waals surface area contributed by atoms with Crippen molar-refractivity contribution in [2.75, 3.05) is 43.4 Å². The molecule has 0 unspecified atom stereocenters. The third kappa shape index (κ3) is 5.40. The molecule has 1 aromatic heterocycles. The van der Waals surface area contributed by atoms with E-state index >= 15 is 0 Å². The maximum absolute atomic E-state index is 13.0. The summed E-state index contributed by atoms with van der Waals surface area (Å²) in [6, 6.07) is 18.0. The number of ether oxygens (including phenoxy) is 1. The summed E-state index contributed by atoms with van der Waals surface area (Å²) in [5, 5.41) is 10.3. The molecule has 0 radical (unpaired) electrons. The van der Waals surface area contributed by atoms with E-state index in [-0.39, 0.29) is 12.0 Å². The third-order valence-corrected chi connectivity index (χ3v) is 7.51. The highest BCUT2D eigenvalue weighted by atomic mass is 35.5. The summed E-state index contributed by atoms with van der Waals surface area (Å²) in [6.07, 6.45) is 2.23. The van der Waals surface area contributed by atoms with Crippen LogP contribution in [0.3, 0.4) is 0 Å². The van der Waals surface area contributed by atoms with E-state index in [4.69, 9.17) is 16.3 Å². The summed E-state index contributed by atoms with van der Waals surface area (Å²) in [6.45, 7) is 4.61. The molecule has 1 amide bonds. The second kappa shape index (κ2) is 10.8. The molecule has 9 heteroatoms. The molecule has 1 atom stereocenters. The van der Waals surface area contributed by atoms with Crippen molar-refractivity contribution in [3.05, 3.63) is 59.6 Å². The van der Waals surface area contributed by atoms with Gasteiger partial charge in [0.1, 0.15) is 0 Å². The molecule has 5 rings (SSSR count). The van der Waals surface area contributed by atoms with Gasteiger partial charge in [-0.15, -0.1) is 10.2 Å². The maximum atomic E-state index is 13.0. The minimum Gasteiger partial charge on any atom is -0.376 e. The van der Waals surface area contributed by atoms with Gasteiger partial charge >= 0.3 is 0 Å². The van der Waals surface area contributed by atoms with Gasteiger partial charge in [-0.1, -0.05) is 41.6 Å². The average molecular weight is 498 g/mol. The molecule has 0 bridgehead atoms. The molecule has 178 valence electrons. The number of para-hydroxylation sites is 1. The van der Waals surface area contributed by atoms with Gasteiger partial charge in [-0.2, -0.15) is 0 Å². The van der Waals surface area contributed by atoms with Gasteiger partial charge < -0.3 is 14.5 Å². The summed E-state index contributed by atoms with van der Waals surface area (Å²) in [7, 11) is 0. The molecule has 0 aliphatic carbocycles. The second-order valence-electron chi connectivity index (χ2n) is 8.55. The average Bonchev–Trinajstić information content (AvgIpc) is 3.54. The molecule has 2 fully saturated rings. The number of halogens is 1. The Hall–Kier alpha value is -2.55. The van der Waals surface area contributed by atoms with E-state index in [1.807, 2.05) is 35.2 Å². The number of hydrogen-bond acceptors (Lipinski definition) is 6. The topological polar surface area (TPSA) is 63.5 Å². The number of anilines is 1. The number of thioether (sulfide) groups is 1. The summed E-state index contributed by atoms with van der Waals surface area (Å²) >= 11 is 7.52. The predicted octanol–water partition coefficient (Wildman–Crippen LogP) is 4.22. The number of aromatic nitrogens is 3. The Morgan fingerprint density at radius 3 is 2.50 bits per heavy atom. The summed E-state index contributed by atoms with van der Waals surface area (Å²) in [4.78, 5) is 17.3. The number of rotatable bonds is 7. The Labute approximate surface area is 209 Å². The molecule has 3 heterocycles. The van der Waals surface area contributed by atoms with Crippen molar-refractivity contribution in [3.8, 4) is 11.4 Å². The van der Waals surface area contributed by atoms with Crippen LogP contribution < -0.4 is 4.90 Å². The lowest BCUT2D eigenvalue weighted by atomic mass is 10.2. The zero-order valence-corrected chi connectivity index (χ0v) is 20.5. The van der Waals surface area contributed by atoms with Crippen LogP contribution in [0.25, 0.3) is 11.4 Å². The lowest BCUT2D eigenvalue weighted by molar-refractivity contribution is -0.128. The first-order valence-electron chi connectivity index (χ1n) is 11.7. The molecule has 2 aromatic carbocycles. The van der Waals surface area contributed by atoms with Crippen LogP contribution in [-0.4, -0.2) is 70.2 Å². The van der Waals surface area contributed by atoms with E-state index in [9.17, 15) is 4.79 Å². The molecule has 2 saturated heterocycles. The zero-order chi connectivity index (χ0) is 23.3. The minimum absolute atomic E-state index is 0.137. The van der Waals surface area contributed by atoms with Crippen LogP contribution in [0.1, 0.15) is 12.8 Å². The molecule has 7 nitrogen and oxygen atoms in total. The second-order valence-corrected chi connectivity index (χ2v) is 9.93. The fraction of sp³-hybridized carbons (Fsp3) is 0.400. The Morgan fingerprint density at radius 1 is 1.03 bits per heavy atom. The van der Waals surface area contributed by atoms with Gasteiger partial charge in [0.15, 0.2) is 11.0 Å². The van der Waals surface area contributed by atoms with Crippen molar-refractivity contribution in [1.82, 2.24) is 19.7 Å². The first-order valence-corrected chi connectivity index (χ1v) is 13.0.